The standard InChI is InChI=1S/C12H16N2O3/c1-8(12(13)16)14-11(15)7-9-3-5-10(17-2)6-4-9/h3-6,8H,7H2,1-2H3,(H2,13,16)(H,14,15)/t8-/m1/s1. The van der Waals surface area contributed by atoms with E-state index in [1.54, 1.807) is 38.3 Å². The summed E-state index contributed by atoms with van der Waals surface area (Å²) in [5, 5.41) is 2.51. The van der Waals surface area contributed by atoms with Crippen LogP contribution in [0.2, 0.25) is 0 Å². The van der Waals surface area contributed by atoms with E-state index in [1.165, 1.54) is 0 Å². The first-order chi connectivity index (χ1) is 8.02. The van der Waals surface area contributed by atoms with E-state index in [4.69, 9.17) is 10.5 Å². The van der Waals surface area contributed by atoms with Crippen LogP contribution < -0.4 is 15.8 Å². The highest BCUT2D eigenvalue weighted by molar-refractivity contribution is 5.87. The Bertz CT molecular complexity index is 401. The van der Waals surface area contributed by atoms with E-state index in [0.29, 0.717) is 0 Å². The molecule has 0 radical (unpaired) electrons. The number of ether oxygens (including phenoxy) is 1. The number of amides is 2. The van der Waals surface area contributed by atoms with E-state index in [1.807, 2.05) is 0 Å². The van der Waals surface area contributed by atoms with Gasteiger partial charge in [0.15, 0.2) is 0 Å². The van der Waals surface area contributed by atoms with Gasteiger partial charge in [-0.25, -0.2) is 0 Å². The average molecular weight is 236 g/mol. The van der Waals surface area contributed by atoms with Gasteiger partial charge in [-0.3, -0.25) is 9.59 Å². The summed E-state index contributed by atoms with van der Waals surface area (Å²) in [6, 6.07) is 6.50. The molecular formula is C12H16N2O3. The van der Waals surface area contributed by atoms with E-state index in [2.05, 4.69) is 5.32 Å². The molecule has 0 saturated carbocycles. The van der Waals surface area contributed by atoms with Crippen molar-refractivity contribution in [3.8, 4) is 5.75 Å². The van der Waals surface area contributed by atoms with Crippen LogP contribution in [0.25, 0.3) is 0 Å². The Hall–Kier alpha value is -2.04. The van der Waals surface area contributed by atoms with Crippen molar-refractivity contribution < 1.29 is 14.3 Å². The largest absolute Gasteiger partial charge is 0.497 e. The topological polar surface area (TPSA) is 81.4 Å². The molecule has 0 bridgehead atoms. The Morgan fingerprint density at radius 1 is 1.35 bits per heavy atom. The molecule has 0 spiro atoms. The summed E-state index contributed by atoms with van der Waals surface area (Å²) >= 11 is 0. The molecule has 0 unspecified atom stereocenters. The quantitative estimate of drug-likeness (QED) is 0.767. The van der Waals surface area contributed by atoms with Crippen molar-refractivity contribution in [2.24, 2.45) is 5.73 Å². The minimum absolute atomic E-state index is 0.210. The third-order valence-electron chi connectivity index (χ3n) is 2.33. The van der Waals surface area contributed by atoms with Crippen molar-refractivity contribution in [2.75, 3.05) is 7.11 Å². The molecule has 1 atom stereocenters. The lowest BCUT2D eigenvalue weighted by Gasteiger charge is -2.10. The molecule has 0 heterocycles. The van der Waals surface area contributed by atoms with Gasteiger partial charge < -0.3 is 15.8 Å². The fraction of sp³-hybridized carbons (Fsp3) is 0.333. The van der Waals surface area contributed by atoms with Crippen molar-refractivity contribution >= 4 is 11.8 Å². The second kappa shape index (κ2) is 5.89. The van der Waals surface area contributed by atoms with Crippen LogP contribution in [0.5, 0.6) is 5.75 Å². The average Bonchev–Trinajstić information content (AvgIpc) is 2.29. The molecule has 0 aliphatic carbocycles. The lowest BCUT2D eigenvalue weighted by atomic mass is 10.1. The smallest absolute Gasteiger partial charge is 0.239 e. The maximum atomic E-state index is 11.5. The Labute approximate surface area is 99.9 Å². The Morgan fingerprint density at radius 2 is 1.94 bits per heavy atom. The molecule has 92 valence electrons. The van der Waals surface area contributed by atoms with E-state index < -0.39 is 11.9 Å². The maximum Gasteiger partial charge on any atom is 0.239 e. The summed E-state index contributed by atoms with van der Waals surface area (Å²) in [4.78, 5) is 22.3. The second-order valence-electron chi connectivity index (χ2n) is 3.72. The van der Waals surface area contributed by atoms with Crippen molar-refractivity contribution in [1.29, 1.82) is 0 Å². The third-order valence-corrected chi connectivity index (χ3v) is 2.33. The van der Waals surface area contributed by atoms with Crippen LogP contribution in [0.1, 0.15) is 12.5 Å². The Morgan fingerprint density at radius 3 is 2.41 bits per heavy atom. The molecule has 0 fully saturated rings. The van der Waals surface area contributed by atoms with Crippen molar-refractivity contribution in [1.82, 2.24) is 5.32 Å². The van der Waals surface area contributed by atoms with Crippen LogP contribution in [0.15, 0.2) is 24.3 Å². The minimum atomic E-state index is -0.652. The number of carbonyl (C=O) groups excluding carboxylic acids is 2. The zero-order chi connectivity index (χ0) is 12.8. The van der Waals surface area contributed by atoms with Gasteiger partial charge in [0.25, 0.3) is 0 Å². The predicted molar refractivity (Wildman–Crippen MR) is 63.5 cm³/mol. The molecule has 0 saturated heterocycles. The molecule has 5 nitrogen and oxygen atoms in total. The molecule has 1 aromatic rings. The Kier molecular flexibility index (Phi) is 4.51. The molecule has 0 aliphatic heterocycles. The number of carbonyl (C=O) groups is 2. The van der Waals surface area contributed by atoms with Gasteiger partial charge in [0.1, 0.15) is 11.8 Å². The summed E-state index contributed by atoms with van der Waals surface area (Å²) in [6.07, 6.45) is 0.210. The van der Waals surface area contributed by atoms with Gasteiger partial charge in [0.2, 0.25) is 11.8 Å². The predicted octanol–water partition coefficient (Wildman–Crippen LogP) is 0.228. The van der Waals surface area contributed by atoms with E-state index in [9.17, 15) is 9.59 Å². The fourth-order valence-corrected chi connectivity index (χ4v) is 1.29. The molecule has 0 aliphatic rings. The first-order valence-electron chi connectivity index (χ1n) is 5.24. The first kappa shape index (κ1) is 13.0. The summed E-state index contributed by atoms with van der Waals surface area (Å²) in [5.74, 6) is -0.0470. The summed E-state index contributed by atoms with van der Waals surface area (Å²) < 4.78 is 5.01. The summed E-state index contributed by atoms with van der Waals surface area (Å²) in [7, 11) is 1.58. The second-order valence-corrected chi connectivity index (χ2v) is 3.72. The monoisotopic (exact) mass is 236 g/mol. The van der Waals surface area contributed by atoms with E-state index in [-0.39, 0.29) is 12.3 Å². The molecule has 0 aromatic heterocycles. The fourth-order valence-electron chi connectivity index (χ4n) is 1.29. The SMILES string of the molecule is COc1ccc(CC(=O)N[C@H](C)C(N)=O)cc1. The molecule has 17 heavy (non-hydrogen) atoms. The van der Waals surface area contributed by atoms with Crippen molar-refractivity contribution in [3.05, 3.63) is 29.8 Å². The highest BCUT2D eigenvalue weighted by Gasteiger charge is 2.12. The van der Waals surface area contributed by atoms with E-state index >= 15 is 0 Å². The van der Waals surface area contributed by atoms with Crippen LogP contribution in [0.3, 0.4) is 0 Å². The van der Waals surface area contributed by atoms with Gasteiger partial charge in [0.05, 0.1) is 13.5 Å². The van der Waals surface area contributed by atoms with Crippen LogP contribution in [0.4, 0.5) is 0 Å². The maximum absolute atomic E-state index is 11.5. The number of rotatable bonds is 5. The number of nitrogens with two attached hydrogens (primary N) is 1. The first-order valence-corrected chi connectivity index (χ1v) is 5.24. The van der Waals surface area contributed by atoms with Gasteiger partial charge in [-0.1, -0.05) is 12.1 Å². The van der Waals surface area contributed by atoms with Gasteiger partial charge in [-0.2, -0.15) is 0 Å². The van der Waals surface area contributed by atoms with Gasteiger partial charge >= 0.3 is 0 Å². The van der Waals surface area contributed by atoms with Crippen LogP contribution >= 0.6 is 0 Å². The summed E-state index contributed by atoms with van der Waals surface area (Å²) in [5.41, 5.74) is 5.89. The normalized spacial score (nSPS) is 11.6. The highest BCUT2D eigenvalue weighted by atomic mass is 16.5. The lowest BCUT2D eigenvalue weighted by molar-refractivity contribution is -0.126. The number of hydrogen-bond donors (Lipinski definition) is 2. The number of methoxy groups -OCH3 is 1. The van der Waals surface area contributed by atoms with E-state index in [0.717, 1.165) is 11.3 Å². The Balaban J connectivity index is 2.53. The van der Waals surface area contributed by atoms with Gasteiger partial charge in [-0.15, -0.1) is 0 Å². The number of primary amides is 1. The number of hydrogen-bond acceptors (Lipinski definition) is 3. The van der Waals surface area contributed by atoms with Gasteiger partial charge in [-0.05, 0) is 24.6 Å². The van der Waals surface area contributed by atoms with Gasteiger partial charge in [0, 0.05) is 0 Å². The third kappa shape index (κ3) is 4.14. The zero-order valence-corrected chi connectivity index (χ0v) is 9.90. The lowest BCUT2D eigenvalue weighted by Crippen LogP contribution is -2.42. The summed E-state index contributed by atoms with van der Waals surface area (Å²) in [6.45, 7) is 1.55. The number of benzene rings is 1. The highest BCUT2D eigenvalue weighted by Crippen LogP contribution is 2.11. The van der Waals surface area contributed by atoms with Crippen molar-refractivity contribution in [2.45, 2.75) is 19.4 Å². The molecule has 3 N–H and O–H groups in total. The number of nitrogens with one attached hydrogen (secondary N) is 1. The zero-order valence-electron chi connectivity index (χ0n) is 9.90. The molecule has 1 aromatic carbocycles. The van der Waals surface area contributed by atoms with Crippen LogP contribution in [0, 0.1) is 0 Å². The molecule has 1 rings (SSSR count). The van der Waals surface area contributed by atoms with Crippen LogP contribution in [-0.4, -0.2) is 25.0 Å². The van der Waals surface area contributed by atoms with Crippen molar-refractivity contribution in [3.63, 3.8) is 0 Å². The molecule has 5 heteroatoms. The molecule has 2 amide bonds. The minimum Gasteiger partial charge on any atom is -0.497 e. The molecular weight excluding hydrogens is 220 g/mol. The van der Waals surface area contributed by atoms with Crippen LogP contribution in [-0.2, 0) is 16.0 Å².